The number of esters is 4. The molecule has 6 aromatic carbocycles. The Morgan fingerprint density at radius 2 is 0.522 bits per heavy atom. The molecule has 0 spiro atoms. The highest BCUT2D eigenvalue weighted by atomic mass is 19.1. The number of nitrogens with two attached hydrogens (primary N) is 6. The molecule has 6 amide bonds. The standard InChI is InChI=1S/C25H26FN5O4.C24H24FN5O4.C15H15FN4O3.C14H13FN4O3.C8H9N3O4.C6H9N3/c1-13-10-17(6-7-18(13)24(34)35-4)15(3)29-23(33)21-11-20(30-25(27)31-21)22(32)28-12-16-5-8-19(26)14(2)9-16;1-12-9-16(5-6-17(12)23(33)34)14(3)28-22(32)20-10-19(29-24(26)30-20)21(31)27-11-15-4-7-18(25)13(2)8-15;1-8-5-9(3-4-10(8)16)7-18-13(21)11-6-12(14(22)23-2)20-15(17)19-11;1-7-4-8(2-3-9(7)15)6-17-12(20)10-5-11(13(21)22)19-14(16)18-10;1-14-6(12)4-3-5(7(13)15-2)11-8(9)10-4;1-4-3-5(2)9-6(7)8-4/h5-11,15H,12H2,1-4H3,(H,28,32)(H,29,33)(H2,27,30,31);4-10,14H,11H2,1-3H3,(H,27,31)(H,28,32)(H,33,34)(H2,26,29,30);3-6H,7H2,1-2H3,(H,18,21)(H2,17,19,20);2-5H,6H2,1H3,(H,17,20)(H,21,22)(H2,16,18,19);3H,1-2H3,(H2,9,10,11);3H,1-2H3,(H2,7,8,9)/t15-;14-;;;;/m00..../s1. The monoisotopic (exact) mass is 1900 g/mol. The molecule has 0 aliphatic carbocycles. The van der Waals surface area contributed by atoms with Crippen molar-refractivity contribution in [3.63, 3.8) is 0 Å². The Hall–Kier alpha value is -18.0. The Morgan fingerprint density at radius 3 is 0.775 bits per heavy atom. The number of rotatable bonds is 24. The van der Waals surface area contributed by atoms with Gasteiger partial charge >= 0.3 is 35.8 Å². The van der Waals surface area contributed by atoms with Crippen molar-refractivity contribution in [1.29, 1.82) is 0 Å². The molecule has 6 aromatic heterocycles. The van der Waals surface area contributed by atoms with Crippen LogP contribution in [-0.4, -0.2) is 170 Å². The minimum absolute atomic E-state index is 0.0586. The number of methoxy groups -OCH3 is 4. The van der Waals surface area contributed by atoms with E-state index in [9.17, 15) is 75.1 Å². The van der Waals surface area contributed by atoms with E-state index in [0.29, 0.717) is 67.1 Å². The SMILES string of the molecule is COC(=O)c1cc(C(=O)NCc2ccc(F)c(C)c2)nc(N)n1.COC(=O)c1cc(C(=O)OC)nc(N)n1.COC(=O)c1ccc([C@H](C)NC(=O)c2cc(C(=O)NCc3ccc(F)c(C)c3)nc(N)n2)cc1C.Cc1cc(C)nc(N)n1.Cc1cc(CNC(=O)c2cc(C(=O)N[C@@H](C)c3ccc(C(=O)O)c(C)c3)nc(N)n2)ccc1F.Cc1cc(CNC(=O)c2cc(C(=O)O)nc(N)n2)ccc1F. The summed E-state index contributed by atoms with van der Waals surface area (Å²) in [4.78, 5) is 188. The lowest BCUT2D eigenvalue weighted by molar-refractivity contribution is 0.0578. The normalized spacial score (nSPS) is 10.7. The molecule has 0 aliphatic heterocycles. The van der Waals surface area contributed by atoms with E-state index in [-0.39, 0.29) is 142 Å². The second-order valence-corrected chi connectivity index (χ2v) is 29.7. The summed E-state index contributed by atoms with van der Waals surface area (Å²) in [5, 5.41) is 34.1. The van der Waals surface area contributed by atoms with Gasteiger partial charge in [0.1, 0.15) is 57.4 Å². The highest BCUT2D eigenvalue weighted by Gasteiger charge is 2.25. The van der Waals surface area contributed by atoms with Crippen LogP contribution < -0.4 is 66.3 Å². The van der Waals surface area contributed by atoms with E-state index in [1.54, 1.807) is 134 Å². The maximum absolute atomic E-state index is 13.4. The number of carboxylic acid groups (broad SMARTS) is 2. The number of nitrogen functional groups attached to an aromatic ring is 6. The molecule has 720 valence electrons. The van der Waals surface area contributed by atoms with E-state index in [2.05, 4.69) is 106 Å². The van der Waals surface area contributed by atoms with Crippen molar-refractivity contribution < 1.29 is 104 Å². The maximum Gasteiger partial charge on any atom is 0.356 e. The molecule has 12 rings (SSSR count). The first-order valence-electron chi connectivity index (χ1n) is 40.7. The minimum atomic E-state index is -1.31. The zero-order valence-electron chi connectivity index (χ0n) is 76.6. The number of hydrogen-bond acceptors (Lipinski definition) is 34. The number of amides is 6. The van der Waals surface area contributed by atoms with Gasteiger partial charge in [0.2, 0.25) is 35.7 Å². The Kier molecular flexibility index (Phi) is 38.8. The molecule has 6 heterocycles. The van der Waals surface area contributed by atoms with Gasteiger partial charge in [-0.1, -0.05) is 72.8 Å². The number of anilines is 6. The largest absolute Gasteiger partial charge is 0.478 e. The molecule has 42 nitrogen and oxygen atoms in total. The average Bonchev–Trinajstić information content (AvgIpc) is 0.839. The van der Waals surface area contributed by atoms with E-state index < -0.39 is 83.3 Å². The molecule has 0 fully saturated rings. The summed E-state index contributed by atoms with van der Waals surface area (Å²) in [6.07, 6.45) is 0. The molecule has 2 atom stereocenters. The van der Waals surface area contributed by atoms with Gasteiger partial charge in [-0.25, -0.2) is 106 Å². The lowest BCUT2D eigenvalue weighted by Crippen LogP contribution is -2.29. The van der Waals surface area contributed by atoms with Gasteiger partial charge in [0.15, 0.2) is 22.8 Å². The fourth-order valence-corrected chi connectivity index (χ4v) is 12.1. The highest BCUT2D eigenvalue weighted by Crippen LogP contribution is 2.23. The number of benzene rings is 6. The van der Waals surface area contributed by atoms with E-state index >= 15 is 0 Å². The van der Waals surface area contributed by atoms with Crippen LogP contribution in [-0.2, 0) is 45.1 Å². The topological polar surface area (TPSA) is 665 Å². The van der Waals surface area contributed by atoms with E-state index in [0.717, 1.165) is 34.6 Å². The molecule has 0 saturated carbocycles. The van der Waals surface area contributed by atoms with E-state index in [1.807, 2.05) is 19.9 Å². The molecule has 0 aliphatic rings. The third-order valence-electron chi connectivity index (χ3n) is 19.0. The Morgan fingerprint density at radius 1 is 0.283 bits per heavy atom. The number of nitrogens with one attached hydrogen (secondary N) is 6. The fourth-order valence-electron chi connectivity index (χ4n) is 12.1. The summed E-state index contributed by atoms with van der Waals surface area (Å²) < 4.78 is 71.3. The summed E-state index contributed by atoms with van der Waals surface area (Å²) in [6.45, 7) is 17.8. The molecule has 20 N–H and O–H groups in total. The summed E-state index contributed by atoms with van der Waals surface area (Å²) in [6, 6.07) is 34.7. The molecule has 12 aromatic rings. The van der Waals surface area contributed by atoms with Crippen LogP contribution in [0.5, 0.6) is 0 Å². The molecule has 0 unspecified atom stereocenters. The van der Waals surface area contributed by atoms with E-state index in [1.165, 1.54) is 77.0 Å². The summed E-state index contributed by atoms with van der Waals surface area (Å²) >= 11 is 0. The van der Waals surface area contributed by atoms with Crippen LogP contribution >= 0.6 is 0 Å². The second-order valence-electron chi connectivity index (χ2n) is 29.7. The zero-order chi connectivity index (χ0) is 102. The van der Waals surface area contributed by atoms with Crippen molar-refractivity contribution in [3.05, 3.63) is 315 Å². The number of carbonyl (C=O) groups is 12. The van der Waals surface area contributed by atoms with Crippen LogP contribution in [0.4, 0.5) is 53.3 Å². The lowest BCUT2D eigenvalue weighted by Gasteiger charge is -2.16. The van der Waals surface area contributed by atoms with Crippen molar-refractivity contribution in [3.8, 4) is 0 Å². The Labute approximate surface area is 784 Å². The number of aromatic nitrogens is 12. The van der Waals surface area contributed by atoms with Crippen molar-refractivity contribution in [2.45, 2.75) is 108 Å². The predicted molar refractivity (Wildman–Crippen MR) is 491 cm³/mol. The Bertz CT molecular complexity index is 6530. The maximum atomic E-state index is 13.4. The molecular weight excluding hydrogens is 1810 g/mol. The number of carboxylic acids is 2. The molecule has 0 bridgehead atoms. The van der Waals surface area contributed by atoms with Crippen LogP contribution in [0, 0.1) is 78.7 Å². The van der Waals surface area contributed by atoms with Crippen LogP contribution in [0.3, 0.4) is 0 Å². The average molecular weight is 1900 g/mol. The summed E-state index contributed by atoms with van der Waals surface area (Å²) in [5.41, 5.74) is 41.6. The highest BCUT2D eigenvalue weighted by molar-refractivity contribution is 6.00. The fraction of sp³-hybridized carbons (Fsp3) is 0.217. The first-order chi connectivity index (χ1) is 65.2. The number of aryl methyl sites for hydroxylation is 8. The quantitative estimate of drug-likeness (QED) is 0.0153. The lowest BCUT2D eigenvalue weighted by atomic mass is 10.0. The zero-order valence-corrected chi connectivity index (χ0v) is 76.6. The van der Waals surface area contributed by atoms with Gasteiger partial charge in [-0.3, -0.25) is 28.8 Å². The van der Waals surface area contributed by atoms with E-state index in [4.69, 9.17) is 49.4 Å². The minimum Gasteiger partial charge on any atom is -0.478 e. The van der Waals surface area contributed by atoms with Gasteiger partial charge in [-0.15, -0.1) is 0 Å². The Balaban J connectivity index is 0.000000235. The third kappa shape index (κ3) is 32.2. The number of hydrogen-bond donors (Lipinski definition) is 14. The number of ether oxygens (including phenoxy) is 4. The number of nitrogens with zero attached hydrogens (tertiary/aromatic N) is 12. The molecule has 0 radical (unpaired) electrons. The van der Waals surface area contributed by atoms with Gasteiger partial charge in [-0.05, 0) is 178 Å². The predicted octanol–water partition coefficient (Wildman–Crippen LogP) is 8.62. The van der Waals surface area contributed by atoms with Crippen molar-refractivity contribution >= 4 is 107 Å². The number of halogens is 4. The first kappa shape index (κ1) is 107. The van der Waals surface area contributed by atoms with Gasteiger partial charge in [-0.2, -0.15) is 0 Å². The molecule has 138 heavy (non-hydrogen) atoms. The third-order valence-corrected chi connectivity index (χ3v) is 19.0. The molecular formula is C92H96F4N24O18. The summed E-state index contributed by atoms with van der Waals surface area (Å²) in [5.74, 6) is -10.4. The smallest absolute Gasteiger partial charge is 0.356 e. The first-order valence-corrected chi connectivity index (χ1v) is 40.7. The van der Waals surface area contributed by atoms with Crippen LogP contribution in [0.25, 0.3) is 0 Å². The van der Waals surface area contributed by atoms with Gasteiger partial charge in [0, 0.05) is 67.9 Å². The van der Waals surface area contributed by atoms with Crippen LogP contribution in [0.15, 0.2) is 146 Å². The van der Waals surface area contributed by atoms with Gasteiger partial charge in [0.05, 0.1) is 51.6 Å². The van der Waals surface area contributed by atoms with Crippen molar-refractivity contribution in [2.75, 3.05) is 62.8 Å². The summed E-state index contributed by atoms with van der Waals surface area (Å²) in [7, 11) is 4.89. The van der Waals surface area contributed by atoms with Crippen LogP contribution in [0.2, 0.25) is 0 Å². The van der Waals surface area contributed by atoms with Crippen molar-refractivity contribution in [1.82, 2.24) is 91.7 Å². The number of carbonyl (C=O) groups excluding carboxylic acids is 10. The molecule has 0 saturated heterocycles. The van der Waals surface area contributed by atoms with Crippen molar-refractivity contribution in [2.24, 2.45) is 0 Å². The van der Waals surface area contributed by atoms with Crippen LogP contribution in [0.1, 0.15) is 230 Å². The number of aromatic carboxylic acids is 2. The molecule has 46 heteroatoms. The van der Waals surface area contributed by atoms with Gasteiger partial charge in [0.25, 0.3) is 35.4 Å². The second kappa shape index (κ2) is 50.0. The van der Waals surface area contributed by atoms with Gasteiger partial charge < -0.3 is 95.5 Å².